The van der Waals surface area contributed by atoms with Crippen LogP contribution in [0, 0.1) is 22.5 Å². The van der Waals surface area contributed by atoms with Gasteiger partial charge in [0.15, 0.2) is 11.4 Å². The molecular formula is C15H16N2O4. The maximum Gasteiger partial charge on any atom is 0.310 e. The van der Waals surface area contributed by atoms with Gasteiger partial charge in [-0.2, -0.15) is 0 Å². The van der Waals surface area contributed by atoms with E-state index in [1.54, 1.807) is 17.0 Å². The van der Waals surface area contributed by atoms with Gasteiger partial charge in [0.25, 0.3) is 0 Å². The zero-order valence-corrected chi connectivity index (χ0v) is 11.7. The molecule has 0 N–H and O–H groups in total. The van der Waals surface area contributed by atoms with Crippen molar-refractivity contribution in [3.63, 3.8) is 0 Å². The molecule has 1 aromatic carbocycles. The van der Waals surface area contributed by atoms with E-state index in [1.807, 2.05) is 0 Å². The third kappa shape index (κ3) is 3.14. The Kier molecular flexibility index (Phi) is 4.13. The number of nitro groups is 1. The van der Waals surface area contributed by atoms with Crippen LogP contribution < -0.4 is 4.74 Å². The summed E-state index contributed by atoms with van der Waals surface area (Å²) < 4.78 is 5.80. The largest absolute Gasteiger partial charge is 0.467 e. The van der Waals surface area contributed by atoms with Crippen molar-refractivity contribution in [3.05, 3.63) is 34.4 Å². The van der Waals surface area contributed by atoms with Gasteiger partial charge in [-0.05, 0) is 6.07 Å². The number of nitro benzene ring substituents is 1. The van der Waals surface area contributed by atoms with Crippen LogP contribution in [-0.2, 0) is 4.79 Å². The second-order valence-corrected chi connectivity index (χ2v) is 4.97. The second kappa shape index (κ2) is 5.83. The summed E-state index contributed by atoms with van der Waals surface area (Å²) in [6.07, 6.45) is 6.49. The molecule has 1 aliphatic heterocycles. The van der Waals surface area contributed by atoms with Crippen LogP contribution in [0.4, 0.5) is 5.69 Å². The predicted molar refractivity (Wildman–Crippen MR) is 76.8 cm³/mol. The number of terminal acetylenes is 1. The normalized spacial score (nSPS) is 16.9. The molecule has 1 heterocycles. The van der Waals surface area contributed by atoms with Crippen molar-refractivity contribution < 1.29 is 14.5 Å². The van der Waals surface area contributed by atoms with E-state index in [0.29, 0.717) is 25.9 Å². The first-order valence-corrected chi connectivity index (χ1v) is 6.63. The van der Waals surface area contributed by atoms with Crippen LogP contribution in [0.25, 0.3) is 0 Å². The van der Waals surface area contributed by atoms with Gasteiger partial charge >= 0.3 is 5.69 Å². The van der Waals surface area contributed by atoms with E-state index in [1.165, 1.54) is 19.1 Å². The van der Waals surface area contributed by atoms with Crippen LogP contribution in [-0.4, -0.2) is 34.4 Å². The van der Waals surface area contributed by atoms with Crippen LogP contribution in [0.3, 0.4) is 0 Å². The average Bonchev–Trinajstić information content (AvgIpc) is 2.48. The van der Waals surface area contributed by atoms with Crippen molar-refractivity contribution in [3.8, 4) is 18.1 Å². The molecule has 0 radical (unpaired) electrons. The molecule has 1 amide bonds. The van der Waals surface area contributed by atoms with Crippen molar-refractivity contribution in [2.75, 3.05) is 13.1 Å². The Balaban J connectivity index is 2.20. The molecule has 1 fully saturated rings. The Morgan fingerprint density at radius 1 is 1.43 bits per heavy atom. The number of rotatable bonds is 3. The van der Waals surface area contributed by atoms with Gasteiger partial charge in [-0.1, -0.05) is 18.1 Å². The number of ether oxygens (including phenoxy) is 1. The SMILES string of the molecule is C#CC1(Oc2ccccc2[N+](=O)[O-])CCN(C(C)=O)CC1. The lowest BCUT2D eigenvalue weighted by molar-refractivity contribution is -0.386. The molecule has 0 unspecified atom stereocenters. The molecule has 21 heavy (non-hydrogen) atoms. The first-order valence-electron chi connectivity index (χ1n) is 6.63. The summed E-state index contributed by atoms with van der Waals surface area (Å²) in [5.74, 6) is 2.76. The molecule has 0 aromatic heterocycles. The molecule has 1 aromatic rings. The number of hydrogen-bond acceptors (Lipinski definition) is 4. The fourth-order valence-corrected chi connectivity index (χ4v) is 2.36. The molecular weight excluding hydrogens is 272 g/mol. The molecule has 2 rings (SSSR count). The van der Waals surface area contributed by atoms with E-state index >= 15 is 0 Å². The zero-order valence-electron chi connectivity index (χ0n) is 11.7. The lowest BCUT2D eigenvalue weighted by Gasteiger charge is -2.38. The van der Waals surface area contributed by atoms with Gasteiger partial charge in [-0.3, -0.25) is 14.9 Å². The highest BCUT2D eigenvalue weighted by Gasteiger charge is 2.37. The Morgan fingerprint density at radius 2 is 2.05 bits per heavy atom. The summed E-state index contributed by atoms with van der Waals surface area (Å²) >= 11 is 0. The van der Waals surface area contributed by atoms with E-state index in [-0.39, 0.29) is 17.3 Å². The van der Waals surface area contributed by atoms with Crippen molar-refractivity contribution in [1.82, 2.24) is 4.90 Å². The molecule has 0 saturated carbocycles. The summed E-state index contributed by atoms with van der Waals surface area (Å²) in [7, 11) is 0. The van der Waals surface area contributed by atoms with Gasteiger partial charge in [0.1, 0.15) is 0 Å². The summed E-state index contributed by atoms with van der Waals surface area (Å²) in [5, 5.41) is 11.0. The van der Waals surface area contributed by atoms with E-state index < -0.39 is 10.5 Å². The van der Waals surface area contributed by atoms with E-state index in [0.717, 1.165) is 0 Å². The highest BCUT2D eigenvalue weighted by atomic mass is 16.6. The molecule has 110 valence electrons. The number of benzene rings is 1. The van der Waals surface area contributed by atoms with E-state index in [4.69, 9.17) is 11.2 Å². The molecule has 6 heteroatoms. The van der Waals surface area contributed by atoms with Gasteiger partial charge in [0.05, 0.1) is 4.92 Å². The smallest absolute Gasteiger partial charge is 0.310 e. The fourth-order valence-electron chi connectivity index (χ4n) is 2.36. The monoisotopic (exact) mass is 288 g/mol. The van der Waals surface area contributed by atoms with Gasteiger partial charge < -0.3 is 9.64 Å². The number of carbonyl (C=O) groups excluding carboxylic acids is 1. The summed E-state index contributed by atoms with van der Waals surface area (Å²) in [6, 6.07) is 6.15. The summed E-state index contributed by atoms with van der Waals surface area (Å²) in [4.78, 5) is 23.6. The maximum atomic E-state index is 11.3. The highest BCUT2D eigenvalue weighted by molar-refractivity contribution is 5.73. The lowest BCUT2D eigenvalue weighted by Crippen LogP contribution is -2.48. The molecule has 6 nitrogen and oxygen atoms in total. The summed E-state index contributed by atoms with van der Waals surface area (Å²) in [6.45, 7) is 2.48. The van der Waals surface area contributed by atoms with Gasteiger partial charge in [0.2, 0.25) is 5.91 Å². The molecule has 0 spiro atoms. The number of para-hydroxylation sites is 2. The Labute approximate surface area is 122 Å². The van der Waals surface area contributed by atoms with Gasteiger partial charge in [-0.25, -0.2) is 0 Å². The quantitative estimate of drug-likeness (QED) is 0.484. The average molecular weight is 288 g/mol. The van der Waals surface area contributed by atoms with Crippen molar-refractivity contribution in [2.24, 2.45) is 0 Å². The van der Waals surface area contributed by atoms with Crippen LogP contribution in [0.5, 0.6) is 5.75 Å². The Morgan fingerprint density at radius 3 is 2.57 bits per heavy atom. The zero-order chi connectivity index (χ0) is 15.5. The molecule has 1 aliphatic rings. The predicted octanol–water partition coefficient (Wildman–Crippen LogP) is 1.99. The van der Waals surface area contributed by atoms with Crippen LogP contribution in [0.2, 0.25) is 0 Å². The third-order valence-electron chi connectivity index (χ3n) is 3.65. The Hall–Kier alpha value is -2.55. The molecule has 0 aliphatic carbocycles. The van der Waals surface area contributed by atoms with Crippen LogP contribution in [0.15, 0.2) is 24.3 Å². The van der Waals surface area contributed by atoms with Gasteiger partial charge in [0, 0.05) is 38.9 Å². The third-order valence-corrected chi connectivity index (χ3v) is 3.65. The second-order valence-electron chi connectivity index (χ2n) is 4.97. The fraction of sp³-hybridized carbons (Fsp3) is 0.400. The van der Waals surface area contributed by atoms with Crippen LogP contribution in [0.1, 0.15) is 19.8 Å². The van der Waals surface area contributed by atoms with Crippen LogP contribution >= 0.6 is 0 Å². The topological polar surface area (TPSA) is 72.7 Å². The minimum absolute atomic E-state index is 0.00804. The van der Waals surface area contributed by atoms with Crippen molar-refractivity contribution >= 4 is 11.6 Å². The van der Waals surface area contributed by atoms with Gasteiger partial charge in [-0.15, -0.1) is 6.42 Å². The molecule has 0 atom stereocenters. The number of amides is 1. The Bertz CT molecular complexity index is 598. The number of piperidine rings is 1. The lowest BCUT2D eigenvalue weighted by atomic mass is 9.92. The number of carbonyl (C=O) groups is 1. The highest BCUT2D eigenvalue weighted by Crippen LogP contribution is 2.33. The maximum absolute atomic E-state index is 11.3. The van der Waals surface area contributed by atoms with Crippen molar-refractivity contribution in [1.29, 1.82) is 0 Å². The minimum atomic E-state index is -0.905. The van der Waals surface area contributed by atoms with E-state index in [9.17, 15) is 14.9 Å². The number of nitrogens with zero attached hydrogens (tertiary/aromatic N) is 2. The standard InChI is InChI=1S/C15H16N2O4/c1-3-15(8-10-16(11-9-15)12(2)18)21-14-7-5-4-6-13(14)17(19)20/h1,4-7H,8-11H2,2H3. The summed E-state index contributed by atoms with van der Waals surface area (Å²) in [5.41, 5.74) is -1.01. The molecule has 1 saturated heterocycles. The first kappa shape index (κ1) is 14.9. The number of likely N-dealkylation sites (tertiary alicyclic amines) is 1. The minimum Gasteiger partial charge on any atom is -0.467 e. The number of hydrogen-bond donors (Lipinski definition) is 0. The molecule has 0 bridgehead atoms. The van der Waals surface area contributed by atoms with E-state index in [2.05, 4.69) is 5.92 Å². The first-order chi connectivity index (χ1) is 9.97. The van der Waals surface area contributed by atoms with Crippen molar-refractivity contribution in [2.45, 2.75) is 25.4 Å².